The van der Waals surface area contributed by atoms with Gasteiger partial charge in [0.2, 0.25) is 0 Å². The van der Waals surface area contributed by atoms with Gasteiger partial charge in [0.1, 0.15) is 5.82 Å². The van der Waals surface area contributed by atoms with Crippen molar-refractivity contribution in [3.05, 3.63) is 35.6 Å². The molecule has 19 heavy (non-hydrogen) atoms. The molecule has 2 N–H and O–H groups in total. The molecular weight excluding hydrogens is 241 g/mol. The average molecular weight is 265 g/mol. The molecule has 0 aliphatic heterocycles. The fourth-order valence-corrected chi connectivity index (χ4v) is 2.90. The van der Waals surface area contributed by atoms with Crippen molar-refractivity contribution in [3.63, 3.8) is 0 Å². The third-order valence-corrected chi connectivity index (χ3v) is 4.24. The van der Waals surface area contributed by atoms with Gasteiger partial charge >= 0.3 is 0 Å². The van der Waals surface area contributed by atoms with Gasteiger partial charge < -0.3 is 10.4 Å². The summed E-state index contributed by atoms with van der Waals surface area (Å²) in [4.78, 5) is 0. The van der Waals surface area contributed by atoms with Crippen molar-refractivity contribution in [2.24, 2.45) is 5.92 Å². The van der Waals surface area contributed by atoms with Gasteiger partial charge in [0, 0.05) is 12.6 Å². The molecule has 2 nitrogen and oxygen atoms in total. The minimum atomic E-state index is -0.563. The standard InChI is InChI=1S/C16H24FNO/c1-12(13-5-3-2-4-6-13)18-11-16(19)14-7-9-15(17)10-8-14/h7-10,12-13,16,18-19H,2-6,11H2,1H3. The molecule has 2 atom stereocenters. The van der Waals surface area contributed by atoms with Crippen LogP contribution in [-0.2, 0) is 0 Å². The molecule has 0 aromatic heterocycles. The number of benzene rings is 1. The van der Waals surface area contributed by atoms with Crippen molar-refractivity contribution in [2.45, 2.75) is 51.2 Å². The first kappa shape index (κ1) is 14.5. The van der Waals surface area contributed by atoms with Crippen LogP contribution in [0.4, 0.5) is 4.39 Å². The molecule has 0 radical (unpaired) electrons. The molecule has 3 heteroatoms. The number of hydrogen-bond acceptors (Lipinski definition) is 2. The SMILES string of the molecule is CC(NCC(O)c1ccc(F)cc1)C1CCCCC1. The summed E-state index contributed by atoms with van der Waals surface area (Å²) in [5, 5.41) is 13.5. The van der Waals surface area contributed by atoms with Crippen LogP contribution in [0.25, 0.3) is 0 Å². The summed E-state index contributed by atoms with van der Waals surface area (Å²) in [5.41, 5.74) is 0.768. The summed E-state index contributed by atoms with van der Waals surface area (Å²) in [5.74, 6) is 0.466. The zero-order valence-corrected chi connectivity index (χ0v) is 11.6. The van der Waals surface area contributed by atoms with Crippen LogP contribution < -0.4 is 5.32 Å². The molecule has 0 spiro atoms. The molecule has 0 heterocycles. The molecule has 2 rings (SSSR count). The Labute approximate surface area is 115 Å². The van der Waals surface area contributed by atoms with Crippen molar-refractivity contribution in [1.29, 1.82) is 0 Å². The molecule has 1 aliphatic carbocycles. The van der Waals surface area contributed by atoms with E-state index in [-0.39, 0.29) is 5.82 Å². The monoisotopic (exact) mass is 265 g/mol. The van der Waals surface area contributed by atoms with E-state index in [1.54, 1.807) is 12.1 Å². The summed E-state index contributed by atoms with van der Waals surface area (Å²) in [6.07, 6.45) is 6.05. The smallest absolute Gasteiger partial charge is 0.123 e. The molecule has 1 aromatic rings. The van der Waals surface area contributed by atoms with Gasteiger partial charge in [-0.1, -0.05) is 31.4 Å². The number of hydrogen-bond donors (Lipinski definition) is 2. The lowest BCUT2D eigenvalue weighted by atomic mass is 9.84. The van der Waals surface area contributed by atoms with Gasteiger partial charge in [-0.15, -0.1) is 0 Å². The Morgan fingerprint density at radius 3 is 2.47 bits per heavy atom. The quantitative estimate of drug-likeness (QED) is 0.855. The highest BCUT2D eigenvalue weighted by Gasteiger charge is 2.20. The Hall–Kier alpha value is -0.930. The second-order valence-electron chi connectivity index (χ2n) is 5.66. The van der Waals surface area contributed by atoms with Gasteiger partial charge in [0.05, 0.1) is 6.10 Å². The summed E-state index contributed by atoms with van der Waals surface area (Å²) in [6, 6.07) is 6.52. The fraction of sp³-hybridized carbons (Fsp3) is 0.625. The summed E-state index contributed by atoms with van der Waals surface area (Å²) >= 11 is 0. The molecular formula is C16H24FNO. The molecule has 1 aliphatic rings. The van der Waals surface area contributed by atoms with E-state index in [0.29, 0.717) is 12.6 Å². The van der Waals surface area contributed by atoms with E-state index in [1.165, 1.54) is 44.2 Å². The number of halogens is 1. The van der Waals surface area contributed by atoms with Gasteiger partial charge in [0.25, 0.3) is 0 Å². The Kier molecular flexibility index (Phi) is 5.34. The molecule has 106 valence electrons. The van der Waals surface area contributed by atoms with Crippen LogP contribution in [0.1, 0.15) is 50.7 Å². The van der Waals surface area contributed by atoms with Gasteiger partial charge in [-0.2, -0.15) is 0 Å². The van der Waals surface area contributed by atoms with E-state index in [0.717, 1.165) is 11.5 Å². The van der Waals surface area contributed by atoms with E-state index in [9.17, 15) is 9.50 Å². The second-order valence-corrected chi connectivity index (χ2v) is 5.66. The molecule has 0 bridgehead atoms. The summed E-state index contributed by atoms with van der Waals surface area (Å²) in [6.45, 7) is 2.73. The Morgan fingerprint density at radius 2 is 1.84 bits per heavy atom. The first-order valence-electron chi connectivity index (χ1n) is 7.33. The highest BCUT2D eigenvalue weighted by atomic mass is 19.1. The first-order chi connectivity index (χ1) is 9.16. The maximum Gasteiger partial charge on any atom is 0.123 e. The van der Waals surface area contributed by atoms with E-state index in [1.807, 2.05) is 0 Å². The summed E-state index contributed by atoms with van der Waals surface area (Å²) < 4.78 is 12.8. The highest BCUT2D eigenvalue weighted by molar-refractivity contribution is 5.18. The molecule has 1 fully saturated rings. The minimum absolute atomic E-state index is 0.264. The number of aliphatic hydroxyl groups is 1. The fourth-order valence-electron chi connectivity index (χ4n) is 2.90. The van der Waals surface area contributed by atoms with Crippen molar-refractivity contribution >= 4 is 0 Å². The van der Waals surface area contributed by atoms with E-state index in [2.05, 4.69) is 12.2 Å². The Morgan fingerprint density at radius 1 is 1.21 bits per heavy atom. The van der Waals surface area contributed by atoms with Crippen molar-refractivity contribution in [3.8, 4) is 0 Å². The highest BCUT2D eigenvalue weighted by Crippen LogP contribution is 2.26. The normalized spacial score (nSPS) is 20.2. The van der Waals surface area contributed by atoms with E-state index in [4.69, 9.17) is 0 Å². The first-order valence-corrected chi connectivity index (χ1v) is 7.33. The lowest BCUT2D eigenvalue weighted by molar-refractivity contribution is 0.161. The summed E-state index contributed by atoms with van der Waals surface area (Å²) in [7, 11) is 0. The molecule has 0 saturated heterocycles. The molecule has 2 unspecified atom stereocenters. The predicted octanol–water partition coefficient (Wildman–Crippen LogP) is 3.42. The van der Waals surface area contributed by atoms with Crippen molar-refractivity contribution in [2.75, 3.05) is 6.54 Å². The maximum absolute atomic E-state index is 12.8. The van der Waals surface area contributed by atoms with Crippen molar-refractivity contribution < 1.29 is 9.50 Å². The van der Waals surface area contributed by atoms with Crippen LogP contribution in [-0.4, -0.2) is 17.7 Å². The van der Waals surface area contributed by atoms with Crippen LogP contribution in [0.3, 0.4) is 0 Å². The molecule has 0 amide bonds. The van der Waals surface area contributed by atoms with Gasteiger partial charge in [-0.05, 0) is 43.4 Å². The van der Waals surface area contributed by atoms with E-state index < -0.39 is 6.10 Å². The number of nitrogens with one attached hydrogen (secondary N) is 1. The van der Waals surface area contributed by atoms with Crippen LogP contribution in [0.5, 0.6) is 0 Å². The van der Waals surface area contributed by atoms with Gasteiger partial charge in [0.15, 0.2) is 0 Å². The largest absolute Gasteiger partial charge is 0.387 e. The zero-order chi connectivity index (χ0) is 13.7. The number of rotatable bonds is 5. The predicted molar refractivity (Wildman–Crippen MR) is 75.4 cm³/mol. The maximum atomic E-state index is 12.8. The number of aliphatic hydroxyl groups excluding tert-OH is 1. The third-order valence-electron chi connectivity index (χ3n) is 4.24. The van der Waals surface area contributed by atoms with Crippen LogP contribution >= 0.6 is 0 Å². The topological polar surface area (TPSA) is 32.3 Å². The van der Waals surface area contributed by atoms with Crippen LogP contribution in [0, 0.1) is 11.7 Å². The second kappa shape index (κ2) is 7.01. The lowest BCUT2D eigenvalue weighted by Gasteiger charge is -2.29. The van der Waals surface area contributed by atoms with Gasteiger partial charge in [-0.3, -0.25) is 0 Å². The van der Waals surface area contributed by atoms with Crippen LogP contribution in [0.2, 0.25) is 0 Å². The van der Waals surface area contributed by atoms with E-state index >= 15 is 0 Å². The van der Waals surface area contributed by atoms with Crippen LogP contribution in [0.15, 0.2) is 24.3 Å². The zero-order valence-electron chi connectivity index (χ0n) is 11.6. The molecule has 1 saturated carbocycles. The Balaban J connectivity index is 1.79. The Bertz CT molecular complexity index is 373. The average Bonchev–Trinajstić information content (AvgIpc) is 2.46. The van der Waals surface area contributed by atoms with Gasteiger partial charge in [-0.25, -0.2) is 4.39 Å². The lowest BCUT2D eigenvalue weighted by Crippen LogP contribution is -2.37. The van der Waals surface area contributed by atoms with Crippen molar-refractivity contribution in [1.82, 2.24) is 5.32 Å². The molecule has 1 aromatic carbocycles. The third kappa shape index (κ3) is 4.29. The minimum Gasteiger partial charge on any atom is -0.387 e.